The molecule has 0 bridgehead atoms. The van der Waals surface area contributed by atoms with Gasteiger partial charge in [0.05, 0.1) is 0 Å². The van der Waals surface area contributed by atoms with Gasteiger partial charge in [-0.2, -0.15) is 0 Å². The Balaban J connectivity index is 2.01. The Morgan fingerprint density at radius 3 is 2.44 bits per heavy atom. The molecule has 18 heavy (non-hydrogen) atoms. The lowest BCUT2D eigenvalue weighted by atomic mass is 10.2. The van der Waals surface area contributed by atoms with Crippen LogP contribution in [0.25, 0.3) is 0 Å². The molecule has 0 amide bonds. The van der Waals surface area contributed by atoms with Crippen molar-refractivity contribution in [2.45, 2.75) is 13.1 Å². The third-order valence-electron chi connectivity index (χ3n) is 2.53. The molecule has 0 N–H and O–H groups in total. The minimum absolute atomic E-state index is 0.417. The molecule has 2 aromatic heterocycles. The summed E-state index contributed by atoms with van der Waals surface area (Å²) >= 11 is 11.8. The second-order valence-electron chi connectivity index (χ2n) is 4.11. The highest BCUT2D eigenvalue weighted by atomic mass is 35.5. The molecule has 2 heterocycles. The molecule has 0 fully saturated rings. The zero-order valence-electron chi connectivity index (χ0n) is 9.98. The summed E-state index contributed by atoms with van der Waals surface area (Å²) in [6, 6.07) is 7.65. The van der Waals surface area contributed by atoms with E-state index in [0.717, 1.165) is 18.7 Å². The fourth-order valence-corrected chi connectivity index (χ4v) is 2.11. The summed E-state index contributed by atoms with van der Waals surface area (Å²) < 4.78 is 0. The zero-order chi connectivity index (χ0) is 13.0. The highest BCUT2D eigenvalue weighted by molar-refractivity contribution is 6.32. The van der Waals surface area contributed by atoms with Crippen LogP contribution in [0, 0.1) is 0 Å². The van der Waals surface area contributed by atoms with Gasteiger partial charge < -0.3 is 0 Å². The van der Waals surface area contributed by atoms with Gasteiger partial charge in [-0.3, -0.25) is 9.88 Å². The van der Waals surface area contributed by atoms with Crippen molar-refractivity contribution in [3.63, 3.8) is 0 Å². The molecule has 0 aliphatic carbocycles. The maximum Gasteiger partial charge on any atom is 0.135 e. The number of nitrogens with zero attached hydrogens (tertiary/aromatic N) is 3. The summed E-state index contributed by atoms with van der Waals surface area (Å²) in [5.74, 6) is 0. The van der Waals surface area contributed by atoms with E-state index in [1.165, 1.54) is 5.56 Å². The van der Waals surface area contributed by atoms with Crippen LogP contribution in [0.3, 0.4) is 0 Å². The van der Waals surface area contributed by atoms with Crippen molar-refractivity contribution in [2.24, 2.45) is 0 Å². The minimum atomic E-state index is 0.417. The summed E-state index contributed by atoms with van der Waals surface area (Å²) in [6.45, 7) is 1.56. The molecule has 0 unspecified atom stereocenters. The van der Waals surface area contributed by atoms with Crippen molar-refractivity contribution in [1.29, 1.82) is 0 Å². The topological polar surface area (TPSA) is 29.0 Å². The number of rotatable bonds is 4. The van der Waals surface area contributed by atoms with Crippen molar-refractivity contribution in [2.75, 3.05) is 7.05 Å². The van der Waals surface area contributed by atoms with Gasteiger partial charge in [0.15, 0.2) is 0 Å². The molecule has 0 saturated heterocycles. The minimum Gasteiger partial charge on any atom is -0.298 e. The predicted octanol–water partition coefficient (Wildman–Crippen LogP) is 3.42. The van der Waals surface area contributed by atoms with E-state index in [1.54, 1.807) is 18.5 Å². The van der Waals surface area contributed by atoms with Gasteiger partial charge >= 0.3 is 0 Å². The quantitative estimate of drug-likeness (QED) is 0.805. The van der Waals surface area contributed by atoms with E-state index in [0.29, 0.717) is 10.3 Å². The molecule has 2 aromatic rings. The van der Waals surface area contributed by atoms with Crippen LogP contribution in [0.5, 0.6) is 0 Å². The van der Waals surface area contributed by atoms with Crippen LogP contribution >= 0.6 is 23.2 Å². The molecule has 0 aliphatic rings. The van der Waals surface area contributed by atoms with Gasteiger partial charge in [0, 0.05) is 31.0 Å². The summed E-state index contributed by atoms with van der Waals surface area (Å²) in [5, 5.41) is 0.879. The van der Waals surface area contributed by atoms with Gasteiger partial charge in [0.2, 0.25) is 0 Å². The van der Waals surface area contributed by atoms with Crippen LogP contribution in [-0.4, -0.2) is 21.9 Å². The molecule has 5 heteroatoms. The summed E-state index contributed by atoms with van der Waals surface area (Å²) in [6.07, 6.45) is 3.58. The van der Waals surface area contributed by atoms with E-state index in [2.05, 4.69) is 14.9 Å². The Bertz CT molecular complexity index is 517. The molecule has 2 rings (SSSR count). The number of hydrogen-bond donors (Lipinski definition) is 0. The van der Waals surface area contributed by atoms with Crippen LogP contribution in [0.15, 0.2) is 36.7 Å². The fraction of sp³-hybridized carbons (Fsp3) is 0.231. The largest absolute Gasteiger partial charge is 0.298 e. The first-order chi connectivity index (χ1) is 8.65. The van der Waals surface area contributed by atoms with E-state index in [-0.39, 0.29) is 0 Å². The van der Waals surface area contributed by atoms with Crippen molar-refractivity contribution >= 4 is 23.2 Å². The lowest BCUT2D eigenvalue weighted by Gasteiger charge is -2.17. The lowest BCUT2D eigenvalue weighted by Crippen LogP contribution is -2.17. The third-order valence-corrected chi connectivity index (χ3v) is 3.07. The van der Waals surface area contributed by atoms with Crippen molar-refractivity contribution in [3.8, 4) is 0 Å². The van der Waals surface area contributed by atoms with Gasteiger partial charge in [-0.05, 0) is 30.8 Å². The number of hydrogen-bond acceptors (Lipinski definition) is 3. The van der Waals surface area contributed by atoms with Crippen LogP contribution in [-0.2, 0) is 13.1 Å². The first kappa shape index (κ1) is 13.3. The maximum atomic E-state index is 6.04. The van der Waals surface area contributed by atoms with Gasteiger partial charge in [-0.25, -0.2) is 4.98 Å². The van der Waals surface area contributed by atoms with Gasteiger partial charge in [-0.15, -0.1) is 0 Å². The monoisotopic (exact) mass is 281 g/mol. The molecule has 0 atom stereocenters. The normalized spacial score (nSPS) is 10.9. The van der Waals surface area contributed by atoms with Crippen molar-refractivity contribution in [1.82, 2.24) is 14.9 Å². The van der Waals surface area contributed by atoms with Crippen LogP contribution < -0.4 is 0 Å². The number of pyridine rings is 2. The first-order valence-electron chi connectivity index (χ1n) is 5.53. The van der Waals surface area contributed by atoms with E-state index in [4.69, 9.17) is 23.2 Å². The Hall–Kier alpha value is -1.16. The van der Waals surface area contributed by atoms with Gasteiger partial charge in [0.1, 0.15) is 10.3 Å². The molecular formula is C13H13Cl2N3. The second kappa shape index (κ2) is 6.14. The van der Waals surface area contributed by atoms with Gasteiger partial charge in [0.25, 0.3) is 0 Å². The fourth-order valence-electron chi connectivity index (χ4n) is 1.71. The molecule has 3 nitrogen and oxygen atoms in total. The maximum absolute atomic E-state index is 6.04. The average Bonchev–Trinajstić information content (AvgIpc) is 2.34. The number of halogens is 2. The highest BCUT2D eigenvalue weighted by Crippen LogP contribution is 2.18. The third kappa shape index (κ3) is 3.67. The van der Waals surface area contributed by atoms with E-state index >= 15 is 0 Å². The van der Waals surface area contributed by atoms with E-state index in [9.17, 15) is 0 Å². The smallest absolute Gasteiger partial charge is 0.135 e. The van der Waals surface area contributed by atoms with Crippen LogP contribution in [0.1, 0.15) is 11.1 Å². The average molecular weight is 282 g/mol. The second-order valence-corrected chi connectivity index (χ2v) is 4.86. The molecular weight excluding hydrogens is 269 g/mol. The standard InChI is InChI=1S/C13H13Cl2N3/c1-18(8-10-4-6-16-7-5-10)9-11-2-3-12(14)17-13(11)15/h2-7H,8-9H2,1H3. The zero-order valence-corrected chi connectivity index (χ0v) is 11.5. The van der Waals surface area contributed by atoms with Gasteiger partial charge in [-0.1, -0.05) is 29.3 Å². The molecule has 0 radical (unpaired) electrons. The molecule has 94 valence electrons. The summed E-state index contributed by atoms with van der Waals surface area (Å²) in [7, 11) is 2.03. The van der Waals surface area contributed by atoms with Crippen LogP contribution in [0.4, 0.5) is 0 Å². The van der Waals surface area contributed by atoms with Crippen molar-refractivity contribution in [3.05, 3.63) is 58.1 Å². The SMILES string of the molecule is CN(Cc1ccncc1)Cc1ccc(Cl)nc1Cl. The Morgan fingerprint density at radius 1 is 1.06 bits per heavy atom. The highest BCUT2D eigenvalue weighted by Gasteiger charge is 2.06. The molecule has 0 aliphatic heterocycles. The van der Waals surface area contributed by atoms with E-state index < -0.39 is 0 Å². The first-order valence-corrected chi connectivity index (χ1v) is 6.29. The lowest BCUT2D eigenvalue weighted by molar-refractivity contribution is 0.318. The number of aromatic nitrogens is 2. The Labute approximate surface area is 116 Å². The van der Waals surface area contributed by atoms with Crippen molar-refractivity contribution < 1.29 is 0 Å². The Morgan fingerprint density at radius 2 is 1.78 bits per heavy atom. The molecule has 0 spiro atoms. The summed E-state index contributed by atoms with van der Waals surface area (Å²) in [5.41, 5.74) is 2.18. The predicted molar refractivity (Wildman–Crippen MR) is 73.7 cm³/mol. The summed E-state index contributed by atoms with van der Waals surface area (Å²) in [4.78, 5) is 10.2. The van der Waals surface area contributed by atoms with Crippen LogP contribution in [0.2, 0.25) is 10.3 Å². The molecule has 0 saturated carbocycles. The van der Waals surface area contributed by atoms with E-state index in [1.807, 2.05) is 25.2 Å². The molecule has 0 aromatic carbocycles. The Kier molecular flexibility index (Phi) is 4.53.